The molecule has 0 bridgehead atoms. The molecule has 1 N–H and O–H groups in total. The number of pyridine rings is 1. The first-order chi connectivity index (χ1) is 9.78. The predicted molar refractivity (Wildman–Crippen MR) is 81.3 cm³/mol. The molecule has 3 nitrogen and oxygen atoms in total. The predicted octanol–water partition coefficient (Wildman–Crippen LogP) is 3.89. The molecule has 0 saturated heterocycles. The van der Waals surface area contributed by atoms with Gasteiger partial charge in [0, 0.05) is 13.2 Å². The molecule has 1 fully saturated rings. The molecule has 0 atom stereocenters. The third kappa shape index (κ3) is 2.77. The fourth-order valence-corrected chi connectivity index (χ4v) is 2.45. The van der Waals surface area contributed by atoms with Crippen LogP contribution in [0.4, 0.5) is 5.69 Å². The number of ether oxygens (including phenoxy) is 1. The van der Waals surface area contributed by atoms with Crippen LogP contribution in [0.5, 0.6) is 5.75 Å². The van der Waals surface area contributed by atoms with Crippen molar-refractivity contribution < 1.29 is 4.74 Å². The van der Waals surface area contributed by atoms with E-state index in [2.05, 4.69) is 41.5 Å². The fourth-order valence-electron chi connectivity index (χ4n) is 2.45. The molecule has 0 spiro atoms. The van der Waals surface area contributed by atoms with Crippen molar-refractivity contribution in [3.63, 3.8) is 0 Å². The summed E-state index contributed by atoms with van der Waals surface area (Å²) in [6, 6.07) is 10.4. The van der Waals surface area contributed by atoms with Gasteiger partial charge in [-0.25, -0.2) is 0 Å². The van der Waals surface area contributed by atoms with Crippen LogP contribution in [-0.2, 0) is 6.61 Å². The van der Waals surface area contributed by atoms with Gasteiger partial charge in [-0.2, -0.15) is 0 Å². The number of benzene rings is 1. The van der Waals surface area contributed by atoms with Crippen LogP contribution in [0.15, 0.2) is 36.5 Å². The van der Waals surface area contributed by atoms with Gasteiger partial charge in [0.25, 0.3) is 0 Å². The molecule has 1 saturated carbocycles. The van der Waals surface area contributed by atoms with E-state index < -0.39 is 0 Å². The molecule has 0 unspecified atom stereocenters. The molecule has 3 rings (SSSR count). The number of anilines is 1. The largest absolute Gasteiger partial charge is 0.485 e. The zero-order valence-corrected chi connectivity index (χ0v) is 12.0. The summed E-state index contributed by atoms with van der Waals surface area (Å²) in [4.78, 5) is 4.35. The summed E-state index contributed by atoms with van der Waals surface area (Å²) < 4.78 is 6.08. The maximum Gasteiger partial charge on any atom is 0.146 e. The normalized spacial score (nSPS) is 14.1. The Morgan fingerprint density at radius 1 is 1.30 bits per heavy atom. The van der Waals surface area contributed by atoms with Crippen molar-refractivity contribution in [3.05, 3.63) is 53.3 Å². The SMILES string of the molecule is CNc1cccc(C2CC2)c1OCc1cc(C)ccn1. The summed E-state index contributed by atoms with van der Waals surface area (Å²) in [7, 11) is 1.93. The van der Waals surface area contributed by atoms with Gasteiger partial charge in [-0.1, -0.05) is 12.1 Å². The maximum atomic E-state index is 6.08. The van der Waals surface area contributed by atoms with E-state index in [1.807, 2.05) is 19.3 Å². The molecule has 3 heteroatoms. The van der Waals surface area contributed by atoms with Crippen molar-refractivity contribution in [2.45, 2.75) is 32.3 Å². The van der Waals surface area contributed by atoms with Crippen LogP contribution < -0.4 is 10.1 Å². The number of rotatable bonds is 5. The van der Waals surface area contributed by atoms with Gasteiger partial charge in [0.1, 0.15) is 12.4 Å². The molecular weight excluding hydrogens is 248 g/mol. The minimum absolute atomic E-state index is 0.514. The van der Waals surface area contributed by atoms with E-state index in [4.69, 9.17) is 4.74 Å². The van der Waals surface area contributed by atoms with Crippen molar-refractivity contribution in [3.8, 4) is 5.75 Å². The van der Waals surface area contributed by atoms with Crippen LogP contribution in [-0.4, -0.2) is 12.0 Å². The average molecular weight is 268 g/mol. The lowest BCUT2D eigenvalue weighted by Gasteiger charge is -2.15. The van der Waals surface area contributed by atoms with Gasteiger partial charge in [-0.3, -0.25) is 4.98 Å². The zero-order chi connectivity index (χ0) is 13.9. The van der Waals surface area contributed by atoms with E-state index in [9.17, 15) is 0 Å². The van der Waals surface area contributed by atoms with E-state index in [-0.39, 0.29) is 0 Å². The summed E-state index contributed by atoms with van der Waals surface area (Å²) in [6.45, 7) is 2.59. The van der Waals surface area contributed by atoms with Gasteiger partial charge in [0.15, 0.2) is 0 Å². The van der Waals surface area contributed by atoms with Crippen molar-refractivity contribution in [1.29, 1.82) is 0 Å². The molecule has 20 heavy (non-hydrogen) atoms. The van der Waals surface area contributed by atoms with Crippen LogP contribution in [0.1, 0.15) is 35.6 Å². The van der Waals surface area contributed by atoms with Crippen LogP contribution in [0, 0.1) is 6.92 Å². The maximum absolute atomic E-state index is 6.08. The topological polar surface area (TPSA) is 34.1 Å². The minimum atomic E-state index is 0.514. The Bertz CT molecular complexity index is 606. The first-order valence-corrected chi connectivity index (χ1v) is 7.13. The van der Waals surface area contributed by atoms with E-state index in [1.54, 1.807) is 0 Å². The van der Waals surface area contributed by atoms with Crippen LogP contribution in [0.2, 0.25) is 0 Å². The lowest BCUT2D eigenvalue weighted by molar-refractivity contribution is 0.299. The summed E-state index contributed by atoms with van der Waals surface area (Å²) in [5.74, 6) is 1.66. The van der Waals surface area contributed by atoms with Gasteiger partial charge >= 0.3 is 0 Å². The molecule has 0 aliphatic heterocycles. The van der Waals surface area contributed by atoms with Crippen molar-refractivity contribution in [2.75, 3.05) is 12.4 Å². The molecule has 104 valence electrons. The molecule has 1 aliphatic rings. The second-order valence-electron chi connectivity index (χ2n) is 5.36. The van der Waals surface area contributed by atoms with Crippen LogP contribution in [0.25, 0.3) is 0 Å². The number of nitrogens with zero attached hydrogens (tertiary/aromatic N) is 1. The molecule has 2 aromatic rings. The fraction of sp³-hybridized carbons (Fsp3) is 0.353. The third-order valence-corrected chi connectivity index (χ3v) is 3.67. The smallest absolute Gasteiger partial charge is 0.146 e. The van der Waals surface area contributed by atoms with Crippen molar-refractivity contribution in [1.82, 2.24) is 4.98 Å². The summed E-state index contributed by atoms with van der Waals surface area (Å²) >= 11 is 0. The van der Waals surface area contributed by atoms with E-state index in [0.717, 1.165) is 17.1 Å². The number of aromatic nitrogens is 1. The van der Waals surface area contributed by atoms with E-state index >= 15 is 0 Å². The lowest BCUT2D eigenvalue weighted by Crippen LogP contribution is -2.03. The summed E-state index contributed by atoms with van der Waals surface area (Å²) in [5.41, 5.74) is 4.56. The highest BCUT2D eigenvalue weighted by Crippen LogP contribution is 2.46. The summed E-state index contributed by atoms with van der Waals surface area (Å²) in [5, 5.41) is 3.22. The number of hydrogen-bond acceptors (Lipinski definition) is 3. The zero-order valence-electron chi connectivity index (χ0n) is 12.0. The first kappa shape index (κ1) is 13.0. The molecule has 1 aromatic heterocycles. The molecule has 1 aromatic carbocycles. The molecule has 1 aliphatic carbocycles. The highest BCUT2D eigenvalue weighted by atomic mass is 16.5. The molecule has 1 heterocycles. The number of aryl methyl sites for hydroxylation is 1. The van der Waals surface area contributed by atoms with Gasteiger partial charge in [-0.15, -0.1) is 0 Å². The quantitative estimate of drug-likeness (QED) is 0.893. The first-order valence-electron chi connectivity index (χ1n) is 7.13. The standard InChI is InChI=1S/C17H20N2O/c1-12-8-9-19-14(10-12)11-20-17-15(13-6-7-13)4-3-5-16(17)18-2/h3-5,8-10,13,18H,6-7,11H2,1-2H3. The summed E-state index contributed by atoms with van der Waals surface area (Å²) in [6.07, 6.45) is 4.37. The highest BCUT2D eigenvalue weighted by molar-refractivity contribution is 5.61. The van der Waals surface area contributed by atoms with Crippen molar-refractivity contribution in [2.24, 2.45) is 0 Å². The highest BCUT2D eigenvalue weighted by Gasteiger charge is 2.27. The minimum Gasteiger partial charge on any atom is -0.485 e. The molecular formula is C17H20N2O. The third-order valence-electron chi connectivity index (χ3n) is 3.67. The van der Waals surface area contributed by atoms with Crippen LogP contribution in [0.3, 0.4) is 0 Å². The molecule has 0 amide bonds. The lowest BCUT2D eigenvalue weighted by atomic mass is 10.1. The average Bonchev–Trinajstić information content (AvgIpc) is 3.29. The second kappa shape index (κ2) is 5.53. The van der Waals surface area contributed by atoms with E-state index in [1.165, 1.54) is 24.0 Å². The Labute approximate surface area is 120 Å². The van der Waals surface area contributed by atoms with Gasteiger partial charge in [-0.05, 0) is 55.0 Å². The van der Waals surface area contributed by atoms with Crippen LogP contribution >= 0.6 is 0 Å². The van der Waals surface area contributed by atoms with Crippen molar-refractivity contribution >= 4 is 5.69 Å². The number of nitrogens with one attached hydrogen (secondary N) is 1. The molecule has 0 radical (unpaired) electrons. The van der Waals surface area contributed by atoms with E-state index in [0.29, 0.717) is 12.5 Å². The Kier molecular flexibility index (Phi) is 3.59. The second-order valence-corrected chi connectivity index (χ2v) is 5.36. The van der Waals surface area contributed by atoms with Gasteiger partial charge in [0.05, 0.1) is 11.4 Å². The van der Waals surface area contributed by atoms with Gasteiger partial charge in [0.2, 0.25) is 0 Å². The number of para-hydroxylation sites is 1. The Morgan fingerprint density at radius 3 is 2.85 bits per heavy atom. The number of hydrogen-bond donors (Lipinski definition) is 1. The Morgan fingerprint density at radius 2 is 2.15 bits per heavy atom. The Balaban J connectivity index is 1.82. The van der Waals surface area contributed by atoms with Gasteiger partial charge < -0.3 is 10.1 Å². The monoisotopic (exact) mass is 268 g/mol. The Hall–Kier alpha value is -2.03.